The van der Waals surface area contributed by atoms with Crippen molar-refractivity contribution in [3.8, 4) is 0 Å². The van der Waals surface area contributed by atoms with Gasteiger partial charge >= 0.3 is 0 Å². The molecule has 1 aromatic heterocycles. The van der Waals surface area contributed by atoms with Crippen molar-refractivity contribution in [1.82, 2.24) is 14.7 Å². The molecular formula is C21H31N3O. The largest absolute Gasteiger partial charge is 0.335 e. The fourth-order valence-electron chi connectivity index (χ4n) is 7.49. The molecule has 0 aliphatic heterocycles. The lowest BCUT2D eigenvalue weighted by Gasteiger charge is -2.65. The first-order valence-electron chi connectivity index (χ1n) is 10.1. The lowest BCUT2D eigenvalue weighted by molar-refractivity contribution is -0.180. The molecule has 25 heavy (non-hydrogen) atoms. The summed E-state index contributed by atoms with van der Waals surface area (Å²) in [5.41, 5.74) is 1.89. The number of hydrogen-bond acceptors (Lipinski definition) is 2. The lowest BCUT2D eigenvalue weighted by atomic mass is 9.40. The Hall–Kier alpha value is -1.32. The summed E-state index contributed by atoms with van der Waals surface area (Å²) >= 11 is 0. The maximum absolute atomic E-state index is 13.9. The van der Waals surface area contributed by atoms with Crippen LogP contribution in [0.25, 0.3) is 0 Å². The fourth-order valence-corrected chi connectivity index (χ4v) is 7.49. The van der Waals surface area contributed by atoms with Crippen molar-refractivity contribution in [2.75, 3.05) is 0 Å². The third-order valence-corrected chi connectivity index (χ3v) is 7.44. The number of aryl methyl sites for hydroxylation is 1. The maximum Gasteiger partial charge on any atom is 0.229 e. The molecule has 2 atom stereocenters. The van der Waals surface area contributed by atoms with Crippen LogP contribution < -0.4 is 0 Å². The summed E-state index contributed by atoms with van der Waals surface area (Å²) in [4.78, 5) is 16.1. The second-order valence-corrected chi connectivity index (χ2v) is 10.6. The van der Waals surface area contributed by atoms with Crippen LogP contribution in [0.5, 0.6) is 0 Å². The zero-order chi connectivity index (χ0) is 17.4. The minimum absolute atomic E-state index is 0.0757. The van der Waals surface area contributed by atoms with E-state index in [0.717, 1.165) is 31.7 Å². The van der Waals surface area contributed by atoms with Gasteiger partial charge in [-0.05, 0) is 68.1 Å². The van der Waals surface area contributed by atoms with Crippen molar-refractivity contribution in [3.63, 3.8) is 0 Å². The molecule has 0 saturated heterocycles. The summed E-state index contributed by atoms with van der Waals surface area (Å²) in [5.74, 6) is 1.25. The number of rotatable bonds is 4. The highest BCUT2D eigenvalue weighted by molar-refractivity contribution is 5.84. The zero-order valence-electron chi connectivity index (χ0n) is 15.9. The van der Waals surface area contributed by atoms with Crippen LogP contribution in [-0.4, -0.2) is 26.6 Å². The van der Waals surface area contributed by atoms with E-state index < -0.39 is 0 Å². The number of carbonyl (C=O) groups is 1. The molecule has 1 aromatic rings. The number of carbonyl (C=O) groups excluding carboxylic acids is 1. The first kappa shape index (κ1) is 15.9. The van der Waals surface area contributed by atoms with E-state index in [4.69, 9.17) is 0 Å². The molecule has 4 nitrogen and oxygen atoms in total. The van der Waals surface area contributed by atoms with E-state index in [1.165, 1.54) is 37.7 Å². The molecule has 0 radical (unpaired) electrons. The third-order valence-electron chi connectivity index (χ3n) is 7.44. The SMILES string of the molecule is Cn1cc(CN(C(=O)C23CC4C[C@@](C)(C2)C[C@@](C)(C4)C3)C2CC2)cn1. The van der Waals surface area contributed by atoms with Gasteiger partial charge in [0.25, 0.3) is 0 Å². The van der Waals surface area contributed by atoms with Crippen LogP contribution >= 0.6 is 0 Å². The van der Waals surface area contributed by atoms with Gasteiger partial charge in [0.15, 0.2) is 0 Å². The Labute approximate surface area is 151 Å². The van der Waals surface area contributed by atoms with Crippen molar-refractivity contribution in [2.24, 2.45) is 29.2 Å². The van der Waals surface area contributed by atoms with Gasteiger partial charge in [0.2, 0.25) is 5.91 Å². The summed E-state index contributed by atoms with van der Waals surface area (Å²) in [6.07, 6.45) is 13.8. The standard InChI is InChI=1S/C21H31N3O/c1-19-6-15-7-20(2,12-19)14-21(8-15,13-19)18(25)24(17-4-5-17)11-16-9-22-23(3)10-16/h9-10,15,17H,4-8,11-14H2,1-3H3/t15?,19-,20-,21?/m1/s1. The minimum Gasteiger partial charge on any atom is -0.335 e. The van der Waals surface area contributed by atoms with E-state index in [2.05, 4.69) is 30.0 Å². The second kappa shape index (κ2) is 4.89. The number of nitrogens with zero attached hydrogens (tertiary/aromatic N) is 3. The highest BCUT2D eigenvalue weighted by Crippen LogP contribution is 2.70. The molecule has 4 heteroatoms. The van der Waals surface area contributed by atoms with Crippen LogP contribution in [0, 0.1) is 22.2 Å². The molecule has 5 saturated carbocycles. The van der Waals surface area contributed by atoms with E-state index in [1.807, 2.05) is 17.9 Å². The highest BCUT2D eigenvalue weighted by Gasteiger charge is 2.63. The molecule has 6 rings (SSSR count). The molecule has 1 amide bonds. The van der Waals surface area contributed by atoms with Crippen molar-refractivity contribution < 1.29 is 4.79 Å². The van der Waals surface area contributed by atoms with Crippen LogP contribution in [0.2, 0.25) is 0 Å². The second-order valence-electron chi connectivity index (χ2n) is 10.6. The van der Waals surface area contributed by atoms with Crippen molar-refractivity contribution in [2.45, 2.75) is 77.8 Å². The Morgan fingerprint density at radius 2 is 1.88 bits per heavy atom. The van der Waals surface area contributed by atoms with Gasteiger partial charge in [-0.1, -0.05) is 13.8 Å². The molecule has 1 heterocycles. The van der Waals surface area contributed by atoms with Crippen LogP contribution in [0.3, 0.4) is 0 Å². The van der Waals surface area contributed by atoms with E-state index in [1.54, 1.807) is 0 Å². The zero-order valence-corrected chi connectivity index (χ0v) is 15.9. The Bertz CT molecular complexity index is 700. The van der Waals surface area contributed by atoms with E-state index in [-0.39, 0.29) is 5.41 Å². The summed E-state index contributed by atoms with van der Waals surface area (Å²) in [6.45, 7) is 5.66. The molecule has 5 aliphatic carbocycles. The van der Waals surface area contributed by atoms with Crippen LogP contribution in [0.1, 0.15) is 70.8 Å². The molecular weight excluding hydrogens is 310 g/mol. The summed E-state index contributed by atoms with van der Waals surface area (Å²) in [6, 6.07) is 0.473. The predicted molar refractivity (Wildman–Crippen MR) is 96.6 cm³/mol. The van der Waals surface area contributed by atoms with Gasteiger partial charge < -0.3 is 4.90 Å². The number of hydrogen-bond donors (Lipinski definition) is 0. The predicted octanol–water partition coefficient (Wildman–Crippen LogP) is 3.91. The summed E-state index contributed by atoms with van der Waals surface area (Å²) in [5, 5.41) is 4.30. The van der Waals surface area contributed by atoms with Crippen LogP contribution in [0.4, 0.5) is 0 Å². The lowest BCUT2D eigenvalue weighted by Crippen LogP contribution is -2.60. The van der Waals surface area contributed by atoms with Crippen molar-refractivity contribution in [3.05, 3.63) is 18.0 Å². The molecule has 136 valence electrons. The molecule has 5 fully saturated rings. The Morgan fingerprint density at radius 1 is 1.20 bits per heavy atom. The Balaban J connectivity index is 1.45. The van der Waals surface area contributed by atoms with Gasteiger partial charge in [0.05, 0.1) is 11.6 Å². The van der Waals surface area contributed by atoms with E-state index in [0.29, 0.717) is 22.8 Å². The molecule has 0 unspecified atom stereocenters. The van der Waals surface area contributed by atoms with Crippen molar-refractivity contribution in [1.29, 1.82) is 0 Å². The third kappa shape index (κ3) is 2.55. The molecule has 4 bridgehead atoms. The molecule has 0 N–H and O–H groups in total. The highest BCUT2D eigenvalue weighted by atomic mass is 16.2. The van der Waals surface area contributed by atoms with Gasteiger partial charge in [-0.15, -0.1) is 0 Å². The molecule has 5 aliphatic rings. The molecule has 0 spiro atoms. The van der Waals surface area contributed by atoms with Gasteiger partial charge in [-0.2, -0.15) is 5.10 Å². The normalized spacial score (nSPS) is 42.0. The first-order valence-corrected chi connectivity index (χ1v) is 10.1. The van der Waals surface area contributed by atoms with Gasteiger partial charge in [-0.3, -0.25) is 9.48 Å². The number of amides is 1. The maximum atomic E-state index is 13.9. The fraction of sp³-hybridized carbons (Fsp3) is 0.810. The Kier molecular flexibility index (Phi) is 3.11. The number of aromatic nitrogens is 2. The Morgan fingerprint density at radius 3 is 2.40 bits per heavy atom. The van der Waals surface area contributed by atoms with E-state index >= 15 is 0 Å². The van der Waals surface area contributed by atoms with Crippen molar-refractivity contribution >= 4 is 5.91 Å². The van der Waals surface area contributed by atoms with Gasteiger partial charge in [0, 0.05) is 31.4 Å². The van der Waals surface area contributed by atoms with Gasteiger partial charge in [-0.25, -0.2) is 0 Å². The van der Waals surface area contributed by atoms with Gasteiger partial charge in [0.1, 0.15) is 0 Å². The smallest absolute Gasteiger partial charge is 0.229 e. The minimum atomic E-state index is -0.0757. The summed E-state index contributed by atoms with van der Waals surface area (Å²) in [7, 11) is 1.95. The van der Waals surface area contributed by atoms with E-state index in [9.17, 15) is 4.79 Å². The topological polar surface area (TPSA) is 38.1 Å². The van der Waals surface area contributed by atoms with Crippen LogP contribution in [0.15, 0.2) is 12.4 Å². The quantitative estimate of drug-likeness (QED) is 0.833. The van der Waals surface area contributed by atoms with Crippen LogP contribution in [-0.2, 0) is 18.4 Å². The monoisotopic (exact) mass is 341 g/mol. The summed E-state index contributed by atoms with van der Waals surface area (Å²) < 4.78 is 1.84. The molecule has 0 aromatic carbocycles. The average Bonchev–Trinajstić information content (AvgIpc) is 3.23. The first-order chi connectivity index (χ1) is 11.8. The average molecular weight is 341 g/mol.